The van der Waals surface area contributed by atoms with Gasteiger partial charge in [-0.25, -0.2) is 4.98 Å². The number of hydrogen-bond donors (Lipinski definition) is 3. The molecular formula is C11H16N4O. The number of para-hydroxylation sites is 2. The number of imidazole rings is 1. The van der Waals surface area contributed by atoms with Crippen molar-refractivity contribution in [2.24, 2.45) is 0 Å². The molecule has 0 aliphatic heterocycles. The lowest BCUT2D eigenvalue weighted by atomic mass is 10.3. The third-order valence-electron chi connectivity index (χ3n) is 1.83. The second kappa shape index (κ2) is 5.75. The van der Waals surface area contributed by atoms with Crippen LogP contribution in [0.25, 0.3) is 11.0 Å². The molecular weight excluding hydrogens is 204 g/mol. The summed E-state index contributed by atoms with van der Waals surface area (Å²) in [6, 6.07) is 7.74. The standard InChI is InChI=1S/C7H7N3.C4H9NO/c8-7-9-5-3-1-2-4-6(5)10-7;1-3-5-4(2)6/h1-4H,(H3,8,9,10);3H2,1-2H3,(H,5,6). The van der Waals surface area contributed by atoms with Crippen molar-refractivity contribution in [2.75, 3.05) is 12.3 Å². The van der Waals surface area contributed by atoms with Crippen molar-refractivity contribution in [3.05, 3.63) is 24.3 Å². The van der Waals surface area contributed by atoms with Crippen LogP contribution >= 0.6 is 0 Å². The summed E-state index contributed by atoms with van der Waals surface area (Å²) in [6.07, 6.45) is 0. The Labute approximate surface area is 94.1 Å². The fraction of sp³-hybridized carbons (Fsp3) is 0.273. The molecule has 0 fully saturated rings. The van der Waals surface area contributed by atoms with E-state index in [0.29, 0.717) is 5.95 Å². The molecule has 1 aromatic heterocycles. The van der Waals surface area contributed by atoms with Gasteiger partial charge in [-0.2, -0.15) is 0 Å². The topological polar surface area (TPSA) is 83.8 Å². The summed E-state index contributed by atoms with van der Waals surface area (Å²) in [5.41, 5.74) is 7.33. The summed E-state index contributed by atoms with van der Waals surface area (Å²) in [7, 11) is 0. The largest absolute Gasteiger partial charge is 0.369 e. The van der Waals surface area contributed by atoms with Gasteiger partial charge < -0.3 is 16.0 Å². The van der Waals surface area contributed by atoms with Gasteiger partial charge in [0.25, 0.3) is 0 Å². The molecule has 2 rings (SSSR count). The zero-order valence-electron chi connectivity index (χ0n) is 9.45. The number of nitrogen functional groups attached to an aromatic ring is 1. The Morgan fingerprint density at radius 3 is 2.69 bits per heavy atom. The second-order valence-corrected chi connectivity index (χ2v) is 3.23. The number of anilines is 1. The Kier molecular flexibility index (Phi) is 4.32. The Morgan fingerprint density at radius 2 is 2.19 bits per heavy atom. The molecule has 0 atom stereocenters. The van der Waals surface area contributed by atoms with Gasteiger partial charge in [-0.1, -0.05) is 12.1 Å². The molecule has 86 valence electrons. The Morgan fingerprint density at radius 1 is 1.50 bits per heavy atom. The van der Waals surface area contributed by atoms with Crippen LogP contribution in [-0.4, -0.2) is 22.4 Å². The maximum atomic E-state index is 9.93. The van der Waals surface area contributed by atoms with Gasteiger partial charge in [0.2, 0.25) is 5.91 Å². The molecule has 2 aromatic rings. The van der Waals surface area contributed by atoms with E-state index in [9.17, 15) is 4.79 Å². The zero-order chi connectivity index (χ0) is 12.0. The SMILES string of the molecule is CCNC(C)=O.Nc1nc2ccccc2[nH]1. The first-order valence-electron chi connectivity index (χ1n) is 5.08. The van der Waals surface area contributed by atoms with Crippen LogP contribution in [0.15, 0.2) is 24.3 Å². The highest BCUT2D eigenvalue weighted by molar-refractivity contribution is 5.76. The first kappa shape index (κ1) is 12.0. The van der Waals surface area contributed by atoms with Crippen molar-refractivity contribution in [3.63, 3.8) is 0 Å². The van der Waals surface area contributed by atoms with Crippen LogP contribution in [0.1, 0.15) is 13.8 Å². The number of amides is 1. The highest BCUT2D eigenvalue weighted by Gasteiger charge is 1.94. The number of aromatic amines is 1. The van der Waals surface area contributed by atoms with Crippen LogP contribution < -0.4 is 11.1 Å². The van der Waals surface area contributed by atoms with E-state index in [2.05, 4.69) is 15.3 Å². The normalized spacial score (nSPS) is 9.38. The van der Waals surface area contributed by atoms with Crippen molar-refractivity contribution >= 4 is 22.9 Å². The summed E-state index contributed by atoms with van der Waals surface area (Å²) >= 11 is 0. The molecule has 1 heterocycles. The highest BCUT2D eigenvalue weighted by Crippen LogP contribution is 2.10. The molecule has 0 aliphatic rings. The molecule has 0 saturated carbocycles. The lowest BCUT2D eigenvalue weighted by Gasteiger charge is -1.88. The highest BCUT2D eigenvalue weighted by atomic mass is 16.1. The van der Waals surface area contributed by atoms with Crippen molar-refractivity contribution in [3.8, 4) is 0 Å². The van der Waals surface area contributed by atoms with Gasteiger partial charge in [0.1, 0.15) is 0 Å². The summed E-state index contributed by atoms with van der Waals surface area (Å²) in [4.78, 5) is 16.9. The van der Waals surface area contributed by atoms with E-state index in [1.807, 2.05) is 31.2 Å². The van der Waals surface area contributed by atoms with E-state index in [-0.39, 0.29) is 5.91 Å². The number of nitrogens with two attached hydrogens (primary N) is 1. The molecule has 4 N–H and O–H groups in total. The zero-order valence-corrected chi connectivity index (χ0v) is 9.45. The molecule has 0 saturated heterocycles. The van der Waals surface area contributed by atoms with Crippen LogP contribution in [0.5, 0.6) is 0 Å². The number of H-pyrrole nitrogens is 1. The molecule has 0 aliphatic carbocycles. The number of rotatable bonds is 1. The number of nitrogens with zero attached hydrogens (tertiary/aromatic N) is 1. The number of carbonyl (C=O) groups is 1. The smallest absolute Gasteiger partial charge is 0.216 e. The maximum Gasteiger partial charge on any atom is 0.216 e. The van der Waals surface area contributed by atoms with Crippen LogP contribution in [0, 0.1) is 0 Å². The molecule has 0 bridgehead atoms. The van der Waals surface area contributed by atoms with Gasteiger partial charge in [-0.05, 0) is 19.1 Å². The first-order chi connectivity index (χ1) is 7.63. The van der Waals surface area contributed by atoms with Gasteiger partial charge in [0.15, 0.2) is 5.95 Å². The minimum absolute atomic E-state index is 0.0394. The fourth-order valence-electron chi connectivity index (χ4n) is 1.22. The van der Waals surface area contributed by atoms with Crippen molar-refractivity contribution < 1.29 is 4.79 Å². The number of benzene rings is 1. The predicted octanol–water partition coefficient (Wildman–Crippen LogP) is 1.29. The Balaban J connectivity index is 0.000000187. The van der Waals surface area contributed by atoms with Crippen LogP contribution in [0.4, 0.5) is 5.95 Å². The van der Waals surface area contributed by atoms with E-state index in [1.165, 1.54) is 6.92 Å². The molecule has 5 heteroatoms. The lowest BCUT2D eigenvalue weighted by molar-refractivity contribution is -0.118. The molecule has 5 nitrogen and oxygen atoms in total. The summed E-state index contributed by atoms with van der Waals surface area (Å²) < 4.78 is 0. The number of hydrogen-bond acceptors (Lipinski definition) is 3. The van der Waals surface area contributed by atoms with Crippen LogP contribution in [-0.2, 0) is 4.79 Å². The average molecular weight is 220 g/mol. The number of fused-ring (bicyclic) bond motifs is 1. The van der Waals surface area contributed by atoms with E-state index in [4.69, 9.17) is 5.73 Å². The molecule has 16 heavy (non-hydrogen) atoms. The summed E-state index contributed by atoms with van der Waals surface area (Å²) in [6.45, 7) is 4.13. The summed E-state index contributed by atoms with van der Waals surface area (Å²) in [5, 5.41) is 2.57. The Hall–Kier alpha value is -2.04. The van der Waals surface area contributed by atoms with E-state index >= 15 is 0 Å². The van der Waals surface area contributed by atoms with Gasteiger partial charge in [-0.3, -0.25) is 4.79 Å². The quantitative estimate of drug-likeness (QED) is 0.677. The minimum Gasteiger partial charge on any atom is -0.369 e. The molecule has 0 spiro atoms. The van der Waals surface area contributed by atoms with Crippen molar-refractivity contribution in [1.82, 2.24) is 15.3 Å². The Bertz CT molecular complexity index is 431. The fourth-order valence-corrected chi connectivity index (χ4v) is 1.22. The van der Waals surface area contributed by atoms with Crippen molar-refractivity contribution in [1.29, 1.82) is 0 Å². The first-order valence-corrected chi connectivity index (χ1v) is 5.08. The maximum absolute atomic E-state index is 9.93. The van der Waals surface area contributed by atoms with Crippen LogP contribution in [0.3, 0.4) is 0 Å². The van der Waals surface area contributed by atoms with Crippen molar-refractivity contribution in [2.45, 2.75) is 13.8 Å². The second-order valence-electron chi connectivity index (χ2n) is 3.23. The van der Waals surface area contributed by atoms with Gasteiger partial charge in [0.05, 0.1) is 11.0 Å². The third kappa shape index (κ3) is 3.61. The van der Waals surface area contributed by atoms with E-state index in [0.717, 1.165) is 17.6 Å². The monoisotopic (exact) mass is 220 g/mol. The molecule has 1 amide bonds. The number of nitrogens with one attached hydrogen (secondary N) is 2. The van der Waals surface area contributed by atoms with E-state index in [1.54, 1.807) is 0 Å². The predicted molar refractivity (Wildman–Crippen MR) is 64.9 cm³/mol. The minimum atomic E-state index is 0.0394. The number of carbonyl (C=O) groups excluding carboxylic acids is 1. The molecule has 0 unspecified atom stereocenters. The third-order valence-corrected chi connectivity index (χ3v) is 1.83. The van der Waals surface area contributed by atoms with Gasteiger partial charge >= 0.3 is 0 Å². The van der Waals surface area contributed by atoms with Gasteiger partial charge in [-0.15, -0.1) is 0 Å². The lowest BCUT2D eigenvalue weighted by Crippen LogP contribution is -2.18. The number of aromatic nitrogens is 2. The average Bonchev–Trinajstić information content (AvgIpc) is 2.58. The van der Waals surface area contributed by atoms with Crippen LogP contribution in [0.2, 0.25) is 0 Å². The van der Waals surface area contributed by atoms with E-state index < -0.39 is 0 Å². The molecule has 1 aromatic carbocycles. The molecule has 0 radical (unpaired) electrons. The van der Waals surface area contributed by atoms with Gasteiger partial charge in [0, 0.05) is 13.5 Å². The summed E-state index contributed by atoms with van der Waals surface area (Å²) in [5.74, 6) is 0.513.